The molecule has 0 aliphatic carbocycles. The molecule has 0 aliphatic heterocycles. The van der Waals surface area contributed by atoms with E-state index in [9.17, 15) is 4.79 Å². The number of benzene rings is 1. The molecule has 0 radical (unpaired) electrons. The van der Waals surface area contributed by atoms with Gasteiger partial charge in [-0.25, -0.2) is 0 Å². The summed E-state index contributed by atoms with van der Waals surface area (Å²) in [6.45, 7) is 2.24. The van der Waals surface area contributed by atoms with Gasteiger partial charge in [-0.3, -0.25) is 4.79 Å². The lowest BCUT2D eigenvalue weighted by Crippen LogP contribution is -1.92. The number of unbranched alkanes of at least 4 members (excludes halogenated alkanes) is 8. The van der Waals surface area contributed by atoms with E-state index in [1.807, 2.05) is 6.07 Å². The van der Waals surface area contributed by atoms with Crippen molar-refractivity contribution in [2.45, 2.75) is 71.1 Å². The molecule has 0 amide bonds. The highest BCUT2D eigenvalue weighted by Crippen LogP contribution is 2.23. The van der Waals surface area contributed by atoms with Crippen molar-refractivity contribution in [3.8, 4) is 0 Å². The second-order valence-electron chi connectivity index (χ2n) is 6.05. The van der Waals surface area contributed by atoms with E-state index in [4.69, 9.17) is 23.2 Å². The van der Waals surface area contributed by atoms with Gasteiger partial charge in [0.2, 0.25) is 0 Å². The van der Waals surface area contributed by atoms with Gasteiger partial charge in [-0.1, -0.05) is 93.6 Å². The number of carbonyl (C=O) groups is 1. The molecule has 0 spiro atoms. The molecule has 0 N–H and O–H groups in total. The highest BCUT2D eigenvalue weighted by atomic mass is 35.5. The lowest BCUT2D eigenvalue weighted by atomic mass is 10.1. The summed E-state index contributed by atoms with van der Waals surface area (Å²) in [7, 11) is 0. The van der Waals surface area contributed by atoms with Crippen molar-refractivity contribution in [3.63, 3.8) is 0 Å². The number of ketones is 1. The fourth-order valence-electron chi connectivity index (χ4n) is 2.50. The molecule has 0 bridgehead atoms. The number of allylic oxidation sites excluding steroid dienone is 1. The van der Waals surface area contributed by atoms with E-state index in [0.29, 0.717) is 16.5 Å². The third-order valence-corrected chi connectivity index (χ3v) is 4.67. The largest absolute Gasteiger partial charge is 0.295 e. The Balaban J connectivity index is 2.10. The standard InChI is InChI=1S/C20H28Cl2O/c1-2-3-4-5-6-7-8-9-10-11-18(23)14-12-17-13-15-19(21)20(22)16-17/h12-16H,2-11H2,1H3/b14-12-. The van der Waals surface area contributed by atoms with Crippen LogP contribution in [0, 0.1) is 0 Å². The maximum absolute atomic E-state index is 11.8. The van der Waals surface area contributed by atoms with Gasteiger partial charge in [0.15, 0.2) is 5.78 Å². The zero-order valence-electron chi connectivity index (χ0n) is 14.1. The van der Waals surface area contributed by atoms with Crippen LogP contribution in [0.25, 0.3) is 6.08 Å². The summed E-state index contributed by atoms with van der Waals surface area (Å²) in [6.07, 6.45) is 15.5. The normalized spacial score (nSPS) is 11.3. The first-order valence-corrected chi connectivity index (χ1v) is 9.55. The minimum atomic E-state index is 0.180. The molecular formula is C20H28Cl2O. The van der Waals surface area contributed by atoms with E-state index in [1.54, 1.807) is 24.3 Å². The van der Waals surface area contributed by atoms with Crippen molar-refractivity contribution in [2.75, 3.05) is 0 Å². The molecule has 0 aliphatic rings. The predicted octanol–water partition coefficient (Wildman–Crippen LogP) is 7.50. The van der Waals surface area contributed by atoms with E-state index in [-0.39, 0.29) is 5.78 Å². The van der Waals surface area contributed by atoms with Crippen LogP contribution >= 0.6 is 23.2 Å². The Morgan fingerprint density at radius 2 is 1.52 bits per heavy atom. The van der Waals surface area contributed by atoms with Gasteiger partial charge in [0.05, 0.1) is 10.0 Å². The lowest BCUT2D eigenvalue weighted by Gasteiger charge is -2.01. The van der Waals surface area contributed by atoms with Gasteiger partial charge in [0.25, 0.3) is 0 Å². The van der Waals surface area contributed by atoms with E-state index < -0.39 is 0 Å². The predicted molar refractivity (Wildman–Crippen MR) is 102 cm³/mol. The average Bonchev–Trinajstić information content (AvgIpc) is 2.54. The fraction of sp³-hybridized carbons (Fsp3) is 0.550. The van der Waals surface area contributed by atoms with Crippen molar-refractivity contribution >= 4 is 35.1 Å². The smallest absolute Gasteiger partial charge is 0.155 e. The van der Waals surface area contributed by atoms with Gasteiger partial charge in [0, 0.05) is 6.42 Å². The molecule has 0 saturated heterocycles. The molecule has 1 aromatic carbocycles. The monoisotopic (exact) mass is 354 g/mol. The maximum atomic E-state index is 11.8. The van der Waals surface area contributed by atoms with Crippen molar-refractivity contribution in [1.82, 2.24) is 0 Å². The highest BCUT2D eigenvalue weighted by molar-refractivity contribution is 6.42. The molecule has 1 nitrogen and oxygen atoms in total. The van der Waals surface area contributed by atoms with Gasteiger partial charge in [-0.05, 0) is 30.2 Å². The summed E-state index contributed by atoms with van der Waals surface area (Å²) >= 11 is 11.8. The summed E-state index contributed by atoms with van der Waals surface area (Å²) in [5, 5.41) is 1.05. The first-order valence-electron chi connectivity index (χ1n) is 8.79. The topological polar surface area (TPSA) is 17.1 Å². The van der Waals surface area contributed by atoms with Crippen LogP contribution in [0.15, 0.2) is 24.3 Å². The third-order valence-electron chi connectivity index (χ3n) is 3.93. The quantitative estimate of drug-likeness (QED) is 0.280. The van der Waals surface area contributed by atoms with Crippen molar-refractivity contribution in [2.24, 2.45) is 0 Å². The number of hydrogen-bond donors (Lipinski definition) is 0. The van der Waals surface area contributed by atoms with Crippen LogP contribution < -0.4 is 0 Å². The average molecular weight is 355 g/mol. The second kappa shape index (κ2) is 12.6. The Bertz CT molecular complexity index is 494. The minimum Gasteiger partial charge on any atom is -0.295 e. The maximum Gasteiger partial charge on any atom is 0.155 e. The molecule has 1 aromatic rings. The Labute approximate surface area is 151 Å². The summed E-state index contributed by atoms with van der Waals surface area (Å²) in [5.74, 6) is 0.180. The van der Waals surface area contributed by atoms with E-state index in [1.165, 1.54) is 44.9 Å². The van der Waals surface area contributed by atoms with Crippen LogP contribution in [-0.4, -0.2) is 5.78 Å². The summed E-state index contributed by atoms with van der Waals surface area (Å²) in [4.78, 5) is 11.8. The van der Waals surface area contributed by atoms with Crippen LogP contribution in [0.3, 0.4) is 0 Å². The number of hydrogen-bond acceptors (Lipinski definition) is 1. The van der Waals surface area contributed by atoms with Gasteiger partial charge in [-0.15, -0.1) is 0 Å². The summed E-state index contributed by atoms with van der Waals surface area (Å²) in [6, 6.07) is 5.37. The molecule has 0 atom stereocenters. The first-order chi connectivity index (χ1) is 11.1. The molecular weight excluding hydrogens is 327 g/mol. The molecule has 0 aromatic heterocycles. The van der Waals surface area contributed by atoms with E-state index in [2.05, 4.69) is 6.92 Å². The Kier molecular flexibility index (Phi) is 11.1. The molecule has 128 valence electrons. The Morgan fingerprint density at radius 3 is 2.13 bits per heavy atom. The Morgan fingerprint density at radius 1 is 0.913 bits per heavy atom. The van der Waals surface area contributed by atoms with Gasteiger partial charge >= 0.3 is 0 Å². The Hall–Kier alpha value is -0.790. The highest BCUT2D eigenvalue weighted by Gasteiger charge is 2.00. The van der Waals surface area contributed by atoms with E-state index in [0.717, 1.165) is 18.4 Å². The SMILES string of the molecule is CCCCCCCCCCCC(=O)/C=C\c1ccc(Cl)c(Cl)c1. The zero-order valence-corrected chi connectivity index (χ0v) is 15.6. The van der Waals surface area contributed by atoms with Gasteiger partial charge in [0.1, 0.15) is 0 Å². The summed E-state index contributed by atoms with van der Waals surface area (Å²) < 4.78 is 0. The summed E-state index contributed by atoms with van der Waals surface area (Å²) in [5.41, 5.74) is 0.903. The van der Waals surface area contributed by atoms with Crippen LogP contribution in [0.1, 0.15) is 76.7 Å². The van der Waals surface area contributed by atoms with Crippen molar-refractivity contribution in [1.29, 1.82) is 0 Å². The molecule has 0 saturated carbocycles. The second-order valence-corrected chi connectivity index (χ2v) is 6.87. The first kappa shape index (κ1) is 20.3. The van der Waals surface area contributed by atoms with E-state index >= 15 is 0 Å². The lowest BCUT2D eigenvalue weighted by molar-refractivity contribution is -0.114. The molecule has 0 unspecified atom stereocenters. The molecule has 0 heterocycles. The van der Waals surface area contributed by atoms with Gasteiger partial charge in [-0.2, -0.15) is 0 Å². The number of halogens is 2. The number of carbonyl (C=O) groups excluding carboxylic acids is 1. The van der Waals surface area contributed by atoms with Crippen LogP contribution in [0.4, 0.5) is 0 Å². The van der Waals surface area contributed by atoms with Crippen LogP contribution in [0.2, 0.25) is 10.0 Å². The van der Waals surface area contributed by atoms with Crippen LogP contribution in [-0.2, 0) is 4.79 Å². The molecule has 3 heteroatoms. The zero-order chi connectivity index (χ0) is 16.9. The molecule has 23 heavy (non-hydrogen) atoms. The molecule has 0 fully saturated rings. The number of rotatable bonds is 12. The van der Waals surface area contributed by atoms with Crippen molar-refractivity contribution in [3.05, 3.63) is 39.9 Å². The van der Waals surface area contributed by atoms with Crippen molar-refractivity contribution < 1.29 is 4.79 Å². The third kappa shape index (κ3) is 9.84. The molecule has 1 rings (SSSR count). The van der Waals surface area contributed by atoms with Crippen LogP contribution in [0.5, 0.6) is 0 Å². The van der Waals surface area contributed by atoms with Gasteiger partial charge < -0.3 is 0 Å². The fourth-order valence-corrected chi connectivity index (χ4v) is 2.80. The minimum absolute atomic E-state index is 0.180.